The fourth-order valence-electron chi connectivity index (χ4n) is 1.88. The van der Waals surface area contributed by atoms with E-state index in [1.54, 1.807) is 18.2 Å². The molecule has 4 nitrogen and oxygen atoms in total. The van der Waals surface area contributed by atoms with E-state index in [1.807, 2.05) is 30.3 Å². The lowest BCUT2D eigenvalue weighted by Gasteiger charge is -2.09. The van der Waals surface area contributed by atoms with Crippen LogP contribution in [0.2, 0.25) is 5.02 Å². The van der Waals surface area contributed by atoms with Crippen LogP contribution in [0.15, 0.2) is 60.7 Å². The van der Waals surface area contributed by atoms with Crippen LogP contribution in [0.25, 0.3) is 0 Å². The number of carbonyl (C=O) groups excluding carboxylic acids is 1. The minimum absolute atomic E-state index is 0.355. The van der Waals surface area contributed by atoms with Crippen LogP contribution in [0.4, 0.5) is 0 Å². The summed E-state index contributed by atoms with van der Waals surface area (Å²) in [6.45, 7) is 0. The van der Waals surface area contributed by atoms with Gasteiger partial charge in [-0.1, -0.05) is 41.9 Å². The van der Waals surface area contributed by atoms with Crippen molar-refractivity contribution in [3.63, 3.8) is 0 Å². The molecule has 0 spiro atoms. The van der Waals surface area contributed by atoms with Gasteiger partial charge < -0.3 is 9.84 Å². The Balaban J connectivity index is 2.21. The summed E-state index contributed by atoms with van der Waals surface area (Å²) in [5.41, 5.74) is 1.79. The average molecular weight is 317 g/mol. The van der Waals surface area contributed by atoms with Gasteiger partial charge in [0.2, 0.25) is 0 Å². The summed E-state index contributed by atoms with van der Waals surface area (Å²) in [5.74, 6) is -1.61. The second-order valence-corrected chi connectivity index (χ2v) is 4.94. The van der Waals surface area contributed by atoms with Crippen LogP contribution in [0.3, 0.4) is 0 Å². The fraction of sp³-hybridized carbons (Fsp3) is 0.0588. The van der Waals surface area contributed by atoms with Gasteiger partial charge in [-0.15, -0.1) is 0 Å². The Morgan fingerprint density at radius 1 is 1.09 bits per heavy atom. The van der Waals surface area contributed by atoms with Gasteiger partial charge in [0, 0.05) is 29.2 Å². The first-order valence-corrected chi connectivity index (χ1v) is 6.87. The lowest BCUT2D eigenvalue weighted by atomic mass is 10.0. The molecule has 0 atom stereocenters. The Morgan fingerprint density at radius 3 is 2.50 bits per heavy atom. The number of halogens is 1. The number of carbonyl (C=O) groups is 2. The minimum atomic E-state index is -1.21. The monoisotopic (exact) mass is 316 g/mol. The van der Waals surface area contributed by atoms with Crippen molar-refractivity contribution < 1.29 is 19.4 Å². The maximum absolute atomic E-state index is 11.6. The van der Waals surface area contributed by atoms with Gasteiger partial charge in [0.1, 0.15) is 5.75 Å². The zero-order chi connectivity index (χ0) is 15.9. The average Bonchev–Trinajstić information content (AvgIpc) is 2.49. The second-order valence-electron chi connectivity index (χ2n) is 4.51. The van der Waals surface area contributed by atoms with Gasteiger partial charge in [-0.05, 0) is 23.8 Å². The van der Waals surface area contributed by atoms with E-state index in [1.165, 1.54) is 0 Å². The molecule has 2 aromatic carbocycles. The van der Waals surface area contributed by atoms with Crippen LogP contribution in [0, 0.1) is 0 Å². The molecule has 0 saturated heterocycles. The minimum Gasteiger partial charge on any atom is -0.478 e. The van der Waals surface area contributed by atoms with Crippen molar-refractivity contribution in [2.75, 3.05) is 0 Å². The third kappa shape index (κ3) is 4.75. The zero-order valence-corrected chi connectivity index (χ0v) is 12.3. The molecule has 5 heteroatoms. The van der Waals surface area contributed by atoms with E-state index in [0.717, 1.165) is 23.3 Å². The normalized spacial score (nSPS) is 10.6. The van der Waals surface area contributed by atoms with E-state index in [-0.39, 0.29) is 0 Å². The summed E-state index contributed by atoms with van der Waals surface area (Å²) in [6, 6.07) is 14.6. The van der Waals surface area contributed by atoms with Crippen LogP contribution in [0.1, 0.15) is 11.1 Å². The largest absolute Gasteiger partial charge is 0.478 e. The summed E-state index contributed by atoms with van der Waals surface area (Å²) < 4.78 is 5.18. The molecule has 0 unspecified atom stereocenters. The van der Waals surface area contributed by atoms with E-state index in [0.29, 0.717) is 17.2 Å². The molecule has 22 heavy (non-hydrogen) atoms. The van der Waals surface area contributed by atoms with Crippen LogP contribution >= 0.6 is 11.6 Å². The Hall–Kier alpha value is -2.59. The van der Waals surface area contributed by atoms with Crippen molar-refractivity contribution in [1.29, 1.82) is 0 Å². The van der Waals surface area contributed by atoms with Gasteiger partial charge in [-0.3, -0.25) is 0 Å². The summed E-state index contributed by atoms with van der Waals surface area (Å²) in [5, 5.41) is 9.04. The molecule has 0 fully saturated rings. The quantitative estimate of drug-likeness (QED) is 0.521. The smallest absolute Gasteiger partial charge is 0.336 e. The molecule has 0 aliphatic carbocycles. The van der Waals surface area contributed by atoms with Crippen LogP contribution in [-0.2, 0) is 16.0 Å². The Morgan fingerprint density at radius 2 is 1.82 bits per heavy atom. The predicted octanol–water partition coefficient (Wildman–Crippen LogP) is 3.48. The topological polar surface area (TPSA) is 63.6 Å². The van der Waals surface area contributed by atoms with Crippen molar-refractivity contribution >= 4 is 23.5 Å². The third-order valence-corrected chi connectivity index (χ3v) is 3.07. The van der Waals surface area contributed by atoms with Crippen molar-refractivity contribution in [3.8, 4) is 5.75 Å². The maximum Gasteiger partial charge on any atom is 0.336 e. The summed E-state index contributed by atoms with van der Waals surface area (Å²) in [6.07, 6.45) is 2.14. The molecule has 0 saturated carbocycles. The highest BCUT2D eigenvalue weighted by Crippen LogP contribution is 2.25. The van der Waals surface area contributed by atoms with E-state index in [4.69, 9.17) is 21.4 Å². The Kier molecular flexibility index (Phi) is 5.33. The van der Waals surface area contributed by atoms with Crippen molar-refractivity contribution in [2.45, 2.75) is 6.42 Å². The molecule has 0 aliphatic rings. The lowest BCUT2D eigenvalue weighted by molar-refractivity contribution is -0.133. The summed E-state index contributed by atoms with van der Waals surface area (Å²) >= 11 is 5.99. The van der Waals surface area contributed by atoms with Gasteiger partial charge in [-0.2, -0.15) is 0 Å². The molecular formula is C17H13ClO4. The van der Waals surface area contributed by atoms with Gasteiger partial charge in [0.25, 0.3) is 0 Å². The number of benzene rings is 2. The number of hydrogen-bond donors (Lipinski definition) is 1. The standard InChI is InChI=1S/C17H13ClO4/c18-14-6-7-15(22-17(21)9-8-16(19)20)13(11-14)10-12-4-2-1-3-5-12/h1-9,11H,10H2,(H,19,20). The first-order chi connectivity index (χ1) is 10.5. The molecule has 0 bridgehead atoms. The van der Waals surface area contributed by atoms with Gasteiger partial charge in [-0.25, -0.2) is 9.59 Å². The molecule has 0 radical (unpaired) electrons. The number of hydrogen-bond acceptors (Lipinski definition) is 3. The number of aliphatic carboxylic acids is 1. The van der Waals surface area contributed by atoms with E-state index >= 15 is 0 Å². The molecule has 0 amide bonds. The van der Waals surface area contributed by atoms with Crippen LogP contribution in [-0.4, -0.2) is 17.0 Å². The van der Waals surface area contributed by atoms with Crippen LogP contribution < -0.4 is 4.74 Å². The molecule has 1 N–H and O–H groups in total. The van der Waals surface area contributed by atoms with E-state index < -0.39 is 11.9 Å². The molecule has 0 aliphatic heterocycles. The highest BCUT2D eigenvalue weighted by molar-refractivity contribution is 6.30. The van der Waals surface area contributed by atoms with Gasteiger partial charge in [0.05, 0.1) is 0 Å². The number of esters is 1. The van der Waals surface area contributed by atoms with Gasteiger partial charge >= 0.3 is 11.9 Å². The molecular weight excluding hydrogens is 304 g/mol. The molecule has 112 valence electrons. The molecule has 0 heterocycles. The van der Waals surface area contributed by atoms with E-state index in [9.17, 15) is 9.59 Å². The highest BCUT2D eigenvalue weighted by atomic mass is 35.5. The first-order valence-electron chi connectivity index (χ1n) is 6.50. The van der Waals surface area contributed by atoms with Gasteiger partial charge in [0.15, 0.2) is 0 Å². The third-order valence-electron chi connectivity index (χ3n) is 2.83. The SMILES string of the molecule is O=C(O)C=CC(=O)Oc1ccc(Cl)cc1Cc1ccccc1. The zero-order valence-electron chi connectivity index (χ0n) is 11.5. The lowest BCUT2D eigenvalue weighted by Crippen LogP contribution is -2.07. The Labute approximate surface area is 132 Å². The first kappa shape index (κ1) is 15.8. The predicted molar refractivity (Wildman–Crippen MR) is 83.1 cm³/mol. The number of carboxylic acid groups (broad SMARTS) is 1. The van der Waals surface area contributed by atoms with Crippen LogP contribution in [0.5, 0.6) is 5.75 Å². The Bertz CT molecular complexity index is 708. The number of ether oxygens (including phenoxy) is 1. The molecule has 2 aromatic rings. The number of carboxylic acids is 1. The maximum atomic E-state index is 11.6. The highest BCUT2D eigenvalue weighted by Gasteiger charge is 2.09. The van der Waals surface area contributed by atoms with Crippen molar-refractivity contribution in [3.05, 3.63) is 76.8 Å². The number of rotatable bonds is 5. The summed E-state index contributed by atoms with van der Waals surface area (Å²) in [4.78, 5) is 22.0. The van der Waals surface area contributed by atoms with Crippen molar-refractivity contribution in [2.24, 2.45) is 0 Å². The second kappa shape index (κ2) is 7.43. The fourth-order valence-corrected chi connectivity index (χ4v) is 2.08. The van der Waals surface area contributed by atoms with Crippen molar-refractivity contribution in [1.82, 2.24) is 0 Å². The van der Waals surface area contributed by atoms with E-state index in [2.05, 4.69) is 0 Å². The molecule has 2 rings (SSSR count). The summed E-state index contributed by atoms with van der Waals surface area (Å²) in [7, 11) is 0. The molecule has 0 aromatic heterocycles.